The number of fused-ring (bicyclic) bond motifs is 3. The van der Waals surface area contributed by atoms with Gasteiger partial charge < -0.3 is 9.72 Å². The minimum absolute atomic E-state index is 0.140. The van der Waals surface area contributed by atoms with E-state index in [4.69, 9.17) is 27.9 Å². The predicted molar refractivity (Wildman–Crippen MR) is 116 cm³/mol. The molecule has 0 aliphatic carbocycles. The van der Waals surface area contributed by atoms with Crippen molar-refractivity contribution in [1.82, 2.24) is 9.88 Å². The lowest BCUT2D eigenvalue weighted by molar-refractivity contribution is -0.123. The van der Waals surface area contributed by atoms with Crippen LogP contribution >= 0.6 is 23.2 Å². The van der Waals surface area contributed by atoms with Crippen molar-refractivity contribution in [3.63, 3.8) is 0 Å². The highest BCUT2D eigenvalue weighted by atomic mass is 35.5. The Morgan fingerprint density at radius 1 is 1.13 bits per heavy atom. The third kappa shape index (κ3) is 3.07. The van der Waals surface area contributed by atoms with Gasteiger partial charge in [-0.25, -0.2) is 4.90 Å². The van der Waals surface area contributed by atoms with Crippen LogP contribution in [0.3, 0.4) is 0 Å². The Balaban J connectivity index is 1.42. The van der Waals surface area contributed by atoms with Gasteiger partial charge in [0.1, 0.15) is 5.75 Å². The van der Waals surface area contributed by atoms with Gasteiger partial charge in [0.15, 0.2) is 0 Å². The number of benzene rings is 2. The zero-order chi connectivity index (χ0) is 21.0. The van der Waals surface area contributed by atoms with Crippen LogP contribution < -0.4 is 9.64 Å². The highest BCUT2D eigenvalue weighted by Gasteiger charge is 2.44. The molecule has 30 heavy (non-hydrogen) atoms. The number of carbonyl (C=O) groups is 2. The smallest absolute Gasteiger partial charge is 0.251 e. The van der Waals surface area contributed by atoms with Crippen molar-refractivity contribution in [3.8, 4) is 5.75 Å². The van der Waals surface area contributed by atoms with Gasteiger partial charge in [-0.15, -0.1) is 0 Å². The zero-order valence-electron chi connectivity index (χ0n) is 16.2. The largest absolute Gasteiger partial charge is 0.497 e. The molecule has 3 heterocycles. The Kier molecular flexibility index (Phi) is 4.73. The van der Waals surface area contributed by atoms with Gasteiger partial charge in [0.25, 0.3) is 5.91 Å². The molecule has 0 spiro atoms. The summed E-state index contributed by atoms with van der Waals surface area (Å²) in [7, 11) is 1.66. The quantitative estimate of drug-likeness (QED) is 0.616. The van der Waals surface area contributed by atoms with E-state index in [1.54, 1.807) is 19.2 Å². The molecule has 0 unspecified atom stereocenters. The van der Waals surface area contributed by atoms with Crippen LogP contribution in [0.25, 0.3) is 10.9 Å². The fraction of sp³-hybridized carbons (Fsp3) is 0.273. The van der Waals surface area contributed by atoms with E-state index < -0.39 is 6.04 Å². The number of amides is 2. The monoisotopic (exact) mass is 443 g/mol. The predicted octanol–water partition coefficient (Wildman–Crippen LogP) is 4.17. The number of methoxy groups -OCH3 is 1. The van der Waals surface area contributed by atoms with Crippen LogP contribution in [0.5, 0.6) is 5.75 Å². The molecule has 5 rings (SSSR count). The summed E-state index contributed by atoms with van der Waals surface area (Å²) in [5.41, 5.74) is 3.75. The van der Waals surface area contributed by atoms with Crippen LogP contribution in [-0.4, -0.2) is 41.4 Å². The van der Waals surface area contributed by atoms with Crippen LogP contribution in [0.15, 0.2) is 36.4 Å². The SMILES string of the molecule is COc1ccc2[nH]c3c(c2c1)CCN([C@@H]1CC(=O)N(c2ccc(Cl)cc2Cl)C1=O)C3. The first kappa shape index (κ1) is 19.4. The second-order valence-electron chi connectivity index (χ2n) is 7.60. The van der Waals surface area contributed by atoms with E-state index in [0.717, 1.165) is 28.8 Å². The van der Waals surface area contributed by atoms with Crippen LogP contribution in [-0.2, 0) is 22.6 Å². The number of aromatic amines is 1. The first-order chi connectivity index (χ1) is 14.5. The molecule has 2 aliphatic heterocycles. The Morgan fingerprint density at radius 2 is 1.97 bits per heavy atom. The number of imide groups is 1. The average molecular weight is 444 g/mol. The number of H-pyrrole nitrogens is 1. The van der Waals surface area contributed by atoms with E-state index in [1.165, 1.54) is 16.5 Å². The van der Waals surface area contributed by atoms with Gasteiger partial charge in [-0.05, 0) is 48.4 Å². The summed E-state index contributed by atoms with van der Waals surface area (Å²) in [6.45, 7) is 1.28. The van der Waals surface area contributed by atoms with Gasteiger partial charge in [-0.2, -0.15) is 0 Å². The van der Waals surface area contributed by atoms with Crippen LogP contribution in [0.2, 0.25) is 10.0 Å². The van der Waals surface area contributed by atoms with Crippen LogP contribution in [0, 0.1) is 0 Å². The van der Waals surface area contributed by atoms with Gasteiger partial charge in [0, 0.05) is 34.7 Å². The molecule has 1 atom stereocenters. The van der Waals surface area contributed by atoms with Crippen molar-refractivity contribution >= 4 is 51.6 Å². The van der Waals surface area contributed by atoms with Gasteiger partial charge in [0.05, 0.1) is 30.3 Å². The highest BCUT2D eigenvalue weighted by Crippen LogP contribution is 2.36. The van der Waals surface area contributed by atoms with Crippen molar-refractivity contribution in [1.29, 1.82) is 0 Å². The fourth-order valence-corrected chi connectivity index (χ4v) is 4.94. The van der Waals surface area contributed by atoms with Gasteiger partial charge in [0.2, 0.25) is 5.91 Å². The summed E-state index contributed by atoms with van der Waals surface area (Å²) in [6, 6.07) is 10.2. The summed E-state index contributed by atoms with van der Waals surface area (Å²) >= 11 is 12.2. The normalized spacial score (nSPS) is 19.6. The second-order valence-corrected chi connectivity index (χ2v) is 8.44. The molecule has 1 N–H and O–H groups in total. The summed E-state index contributed by atoms with van der Waals surface area (Å²) in [6.07, 6.45) is 0.934. The molecule has 1 saturated heterocycles. The van der Waals surface area contributed by atoms with Crippen molar-refractivity contribution in [2.24, 2.45) is 0 Å². The minimum atomic E-state index is -0.502. The molecule has 3 aromatic rings. The van der Waals surface area contributed by atoms with Gasteiger partial charge in [-0.1, -0.05) is 23.2 Å². The molecule has 0 saturated carbocycles. The maximum Gasteiger partial charge on any atom is 0.251 e. The summed E-state index contributed by atoms with van der Waals surface area (Å²) in [4.78, 5) is 32.6. The third-order valence-corrected chi connectivity index (χ3v) is 6.46. The number of hydrogen-bond donors (Lipinski definition) is 1. The van der Waals surface area contributed by atoms with E-state index in [-0.39, 0.29) is 23.3 Å². The van der Waals surface area contributed by atoms with Crippen LogP contribution in [0.4, 0.5) is 5.69 Å². The Hall–Kier alpha value is -2.54. The number of aromatic nitrogens is 1. The number of ether oxygens (including phenoxy) is 1. The fourth-order valence-electron chi connectivity index (χ4n) is 4.45. The lowest BCUT2D eigenvalue weighted by Gasteiger charge is -2.30. The standard InChI is InChI=1S/C22H19Cl2N3O3/c1-30-13-3-4-17-15(9-13)14-6-7-26(11-18(14)25-17)20-10-21(28)27(22(20)29)19-5-2-12(23)8-16(19)24/h2-5,8-9,20,25H,6-7,10-11H2,1H3/t20-/m1/s1. The first-order valence-corrected chi connectivity index (χ1v) is 10.4. The van der Waals surface area contributed by atoms with Crippen LogP contribution in [0.1, 0.15) is 17.7 Å². The number of anilines is 1. The molecule has 8 heteroatoms. The van der Waals surface area contributed by atoms with Gasteiger partial charge >= 0.3 is 0 Å². The molecule has 2 aliphatic rings. The summed E-state index contributed by atoms with van der Waals surface area (Å²) < 4.78 is 5.35. The molecule has 1 aromatic heterocycles. The zero-order valence-corrected chi connectivity index (χ0v) is 17.8. The van der Waals surface area contributed by atoms with Crippen molar-refractivity contribution < 1.29 is 14.3 Å². The van der Waals surface area contributed by atoms with Crippen molar-refractivity contribution in [2.75, 3.05) is 18.6 Å². The molecular weight excluding hydrogens is 425 g/mol. The highest BCUT2D eigenvalue weighted by molar-refractivity contribution is 6.38. The molecule has 6 nitrogen and oxygen atoms in total. The molecule has 2 aromatic carbocycles. The lowest BCUT2D eigenvalue weighted by atomic mass is 10.0. The summed E-state index contributed by atoms with van der Waals surface area (Å²) in [5, 5.41) is 1.89. The van der Waals surface area contributed by atoms with Crippen molar-refractivity contribution in [2.45, 2.75) is 25.4 Å². The van der Waals surface area contributed by atoms with Crippen molar-refractivity contribution in [3.05, 3.63) is 57.7 Å². The number of nitrogens with zero attached hydrogens (tertiary/aromatic N) is 2. The molecule has 1 fully saturated rings. The number of nitrogens with one attached hydrogen (secondary N) is 1. The molecular formula is C22H19Cl2N3O3. The Labute approximate surface area is 183 Å². The topological polar surface area (TPSA) is 65.6 Å². The van der Waals surface area contributed by atoms with Gasteiger partial charge in [-0.3, -0.25) is 14.5 Å². The van der Waals surface area contributed by atoms with E-state index in [0.29, 0.717) is 23.8 Å². The maximum absolute atomic E-state index is 13.2. The number of hydrogen-bond acceptors (Lipinski definition) is 4. The third-order valence-electron chi connectivity index (χ3n) is 5.93. The second kappa shape index (κ2) is 7.30. The van der Waals surface area contributed by atoms with E-state index >= 15 is 0 Å². The van der Waals surface area contributed by atoms with E-state index in [2.05, 4.69) is 9.88 Å². The molecule has 2 amide bonds. The Morgan fingerprint density at radius 3 is 2.73 bits per heavy atom. The average Bonchev–Trinajstić information content (AvgIpc) is 3.24. The lowest BCUT2D eigenvalue weighted by Crippen LogP contribution is -2.44. The number of carbonyl (C=O) groups excluding carboxylic acids is 2. The summed E-state index contributed by atoms with van der Waals surface area (Å²) in [5.74, 6) is 0.325. The first-order valence-electron chi connectivity index (χ1n) is 9.69. The Bertz CT molecular complexity index is 1190. The molecule has 154 valence electrons. The maximum atomic E-state index is 13.2. The van der Waals surface area contributed by atoms with E-state index in [9.17, 15) is 9.59 Å². The molecule has 0 bridgehead atoms. The number of rotatable bonds is 3. The number of halogens is 2. The molecule has 0 radical (unpaired) electrons. The minimum Gasteiger partial charge on any atom is -0.497 e. The van der Waals surface area contributed by atoms with E-state index in [1.807, 2.05) is 18.2 Å².